The van der Waals surface area contributed by atoms with Crippen LogP contribution in [0.2, 0.25) is 0 Å². The second-order valence-electron chi connectivity index (χ2n) is 11.7. The summed E-state index contributed by atoms with van der Waals surface area (Å²) in [6.45, 7) is 1.08. The lowest BCUT2D eigenvalue weighted by Gasteiger charge is -2.29. The number of para-hydroxylation sites is 1. The predicted molar refractivity (Wildman–Crippen MR) is 169 cm³/mol. The molecule has 3 heterocycles. The van der Waals surface area contributed by atoms with E-state index in [2.05, 4.69) is 20.9 Å². The van der Waals surface area contributed by atoms with Gasteiger partial charge < -0.3 is 20.9 Å². The van der Waals surface area contributed by atoms with E-state index in [0.29, 0.717) is 47.4 Å². The minimum atomic E-state index is -1.48. The highest BCUT2D eigenvalue weighted by atomic mass is 19.1. The molecule has 7 rings (SSSR count). The van der Waals surface area contributed by atoms with Gasteiger partial charge in [-0.05, 0) is 73.9 Å². The van der Waals surface area contributed by atoms with Gasteiger partial charge in [-0.15, -0.1) is 0 Å². The maximum atomic E-state index is 15.2. The van der Waals surface area contributed by atoms with E-state index in [1.165, 1.54) is 24.1 Å². The SMILES string of the molecule is CNC(=O)c1cccc(NC(=O)NC2N=C(c3ccccc3F)c3ccccc3N(CC(=O)N3CC4CCC(CC4)C3)C2=O)c1. The van der Waals surface area contributed by atoms with Crippen LogP contribution < -0.4 is 20.9 Å². The van der Waals surface area contributed by atoms with Crippen LogP contribution >= 0.6 is 0 Å². The molecule has 3 fully saturated rings. The molecule has 3 N–H and O–H groups in total. The van der Waals surface area contributed by atoms with Gasteiger partial charge in [0.05, 0.1) is 11.4 Å². The Morgan fingerprint density at radius 2 is 1.56 bits per heavy atom. The summed E-state index contributed by atoms with van der Waals surface area (Å²) in [7, 11) is 1.50. The lowest BCUT2D eigenvalue weighted by atomic mass is 9.84. The van der Waals surface area contributed by atoms with E-state index < -0.39 is 23.9 Å². The van der Waals surface area contributed by atoms with Crippen molar-refractivity contribution in [1.29, 1.82) is 0 Å². The first-order valence-corrected chi connectivity index (χ1v) is 15.2. The largest absolute Gasteiger partial charge is 0.355 e. The minimum Gasteiger partial charge on any atom is -0.355 e. The fraction of sp³-hybridized carbons (Fsp3) is 0.324. The molecule has 5 amide bonds. The summed E-state index contributed by atoms with van der Waals surface area (Å²) in [5.74, 6) is -0.772. The van der Waals surface area contributed by atoms with Gasteiger partial charge in [-0.3, -0.25) is 19.3 Å². The summed E-state index contributed by atoms with van der Waals surface area (Å²) in [6, 6.07) is 18.6. The summed E-state index contributed by atoms with van der Waals surface area (Å²) in [4.78, 5) is 61.2. The molecule has 11 heteroatoms. The van der Waals surface area contributed by atoms with Crippen molar-refractivity contribution in [2.75, 3.05) is 36.9 Å². The van der Waals surface area contributed by atoms with Crippen LogP contribution in [0.3, 0.4) is 0 Å². The fourth-order valence-corrected chi connectivity index (χ4v) is 6.46. The van der Waals surface area contributed by atoms with Gasteiger partial charge in [0.1, 0.15) is 12.4 Å². The average molecular weight is 611 g/mol. The number of carbonyl (C=O) groups is 4. The van der Waals surface area contributed by atoms with Gasteiger partial charge in [-0.1, -0.05) is 36.4 Å². The monoisotopic (exact) mass is 610 g/mol. The number of hydrogen-bond acceptors (Lipinski definition) is 5. The Balaban J connectivity index is 1.33. The topological polar surface area (TPSA) is 123 Å². The molecule has 0 aromatic heterocycles. The number of benzene rings is 3. The van der Waals surface area contributed by atoms with E-state index in [-0.39, 0.29) is 29.6 Å². The number of amides is 5. The molecule has 0 radical (unpaired) electrons. The number of benzodiazepines with no additional fused rings is 1. The third-order valence-electron chi connectivity index (χ3n) is 8.78. The van der Waals surface area contributed by atoms with E-state index in [1.807, 2.05) is 4.90 Å². The molecule has 232 valence electrons. The van der Waals surface area contributed by atoms with Gasteiger partial charge in [0.15, 0.2) is 0 Å². The maximum absolute atomic E-state index is 15.2. The van der Waals surface area contributed by atoms with Crippen LogP contribution in [0, 0.1) is 17.7 Å². The highest BCUT2D eigenvalue weighted by molar-refractivity contribution is 6.21. The van der Waals surface area contributed by atoms with Gasteiger partial charge in [0.2, 0.25) is 12.1 Å². The summed E-state index contributed by atoms with van der Waals surface area (Å²) >= 11 is 0. The molecule has 2 bridgehead atoms. The van der Waals surface area contributed by atoms with Crippen LogP contribution in [0.15, 0.2) is 77.8 Å². The lowest BCUT2D eigenvalue weighted by molar-refractivity contribution is -0.132. The molecule has 3 aromatic carbocycles. The summed E-state index contributed by atoms with van der Waals surface area (Å²) < 4.78 is 15.2. The lowest BCUT2D eigenvalue weighted by Crippen LogP contribution is -2.51. The highest BCUT2D eigenvalue weighted by Gasteiger charge is 2.37. The van der Waals surface area contributed by atoms with E-state index in [4.69, 9.17) is 0 Å². The number of anilines is 2. The van der Waals surface area contributed by atoms with Gasteiger partial charge in [-0.25, -0.2) is 14.2 Å². The van der Waals surface area contributed by atoms with Crippen molar-refractivity contribution in [2.45, 2.75) is 31.8 Å². The normalized spacial score (nSPS) is 20.8. The van der Waals surface area contributed by atoms with Crippen LogP contribution in [-0.2, 0) is 9.59 Å². The Labute approximate surface area is 260 Å². The predicted octanol–water partition coefficient (Wildman–Crippen LogP) is 4.17. The fourth-order valence-electron chi connectivity index (χ4n) is 6.46. The zero-order valence-corrected chi connectivity index (χ0v) is 25.0. The van der Waals surface area contributed by atoms with E-state index in [9.17, 15) is 19.2 Å². The summed E-state index contributed by atoms with van der Waals surface area (Å²) in [6.07, 6.45) is 2.93. The van der Waals surface area contributed by atoms with Crippen molar-refractivity contribution in [3.8, 4) is 0 Å². The van der Waals surface area contributed by atoms with Gasteiger partial charge >= 0.3 is 6.03 Å². The van der Waals surface area contributed by atoms with Crippen LogP contribution in [0.25, 0.3) is 0 Å². The molecule has 3 aliphatic heterocycles. The molecule has 4 aliphatic rings. The maximum Gasteiger partial charge on any atom is 0.321 e. The minimum absolute atomic E-state index is 0.153. The standard InChI is InChI=1S/C34H35FN6O4/c1-36-32(43)23-7-6-8-24(17-23)37-34(45)39-31-33(44)41(20-29(42)40-18-21-13-14-22(19-40)16-15-21)28-12-5-3-10-26(28)30(38-31)25-9-2-4-11-27(25)35/h2-12,17,21-22,31H,13-16,18-20H2,1H3,(H,36,43)(H2,37,39,45). The molecule has 1 atom stereocenters. The van der Waals surface area contributed by atoms with Crippen LogP contribution in [0.5, 0.6) is 0 Å². The van der Waals surface area contributed by atoms with Crippen molar-refractivity contribution >= 4 is 40.8 Å². The molecule has 10 nitrogen and oxygen atoms in total. The zero-order chi connectivity index (χ0) is 31.5. The van der Waals surface area contributed by atoms with Crippen molar-refractivity contribution in [1.82, 2.24) is 15.5 Å². The number of rotatable bonds is 6. The number of nitrogens with one attached hydrogen (secondary N) is 3. The molecule has 1 aliphatic carbocycles. The van der Waals surface area contributed by atoms with Crippen LogP contribution in [0.1, 0.15) is 47.2 Å². The molecule has 0 spiro atoms. The first-order chi connectivity index (χ1) is 21.8. The second kappa shape index (κ2) is 12.9. The third kappa shape index (κ3) is 6.43. The smallest absolute Gasteiger partial charge is 0.321 e. The molecular formula is C34H35FN6O4. The van der Waals surface area contributed by atoms with Gasteiger partial charge in [0, 0.05) is 42.5 Å². The Hall–Kier alpha value is -5.06. The summed E-state index contributed by atoms with van der Waals surface area (Å²) in [5, 5.41) is 7.80. The number of hydrogen-bond donors (Lipinski definition) is 3. The van der Waals surface area contributed by atoms with E-state index in [1.54, 1.807) is 60.7 Å². The Morgan fingerprint density at radius 1 is 0.889 bits per heavy atom. The molecule has 1 unspecified atom stereocenters. The quantitative estimate of drug-likeness (QED) is 0.388. The van der Waals surface area contributed by atoms with Crippen LogP contribution in [-0.4, -0.2) is 67.2 Å². The Morgan fingerprint density at radius 3 is 2.24 bits per heavy atom. The zero-order valence-electron chi connectivity index (χ0n) is 25.0. The third-order valence-corrected chi connectivity index (χ3v) is 8.78. The Kier molecular flexibility index (Phi) is 8.59. The average Bonchev–Trinajstić information content (AvgIpc) is 3.44. The van der Waals surface area contributed by atoms with Gasteiger partial charge in [0.25, 0.3) is 11.8 Å². The Bertz CT molecular complexity index is 1650. The molecular weight excluding hydrogens is 575 g/mol. The molecule has 3 aromatic rings. The summed E-state index contributed by atoms with van der Waals surface area (Å²) in [5.41, 5.74) is 1.84. The first-order valence-electron chi connectivity index (χ1n) is 15.2. The number of urea groups is 1. The van der Waals surface area contributed by atoms with Crippen LogP contribution in [0.4, 0.5) is 20.6 Å². The molecule has 2 saturated heterocycles. The van der Waals surface area contributed by atoms with Crippen molar-refractivity contribution in [3.05, 3.63) is 95.3 Å². The first kappa shape index (κ1) is 30.0. The van der Waals surface area contributed by atoms with Crippen molar-refractivity contribution < 1.29 is 23.6 Å². The number of aliphatic imine (C=N–C) groups is 1. The molecule has 1 saturated carbocycles. The number of nitrogens with zero attached hydrogens (tertiary/aromatic N) is 3. The van der Waals surface area contributed by atoms with Crippen molar-refractivity contribution in [3.63, 3.8) is 0 Å². The van der Waals surface area contributed by atoms with E-state index in [0.717, 1.165) is 25.7 Å². The highest BCUT2D eigenvalue weighted by Crippen LogP contribution is 2.34. The van der Waals surface area contributed by atoms with E-state index >= 15 is 4.39 Å². The number of halogens is 1. The molecule has 45 heavy (non-hydrogen) atoms. The number of fused-ring (bicyclic) bond motifs is 5. The number of carbonyl (C=O) groups excluding carboxylic acids is 4. The van der Waals surface area contributed by atoms with Crippen molar-refractivity contribution in [2.24, 2.45) is 16.8 Å². The van der Waals surface area contributed by atoms with Gasteiger partial charge in [-0.2, -0.15) is 0 Å². The second-order valence-corrected chi connectivity index (χ2v) is 11.7.